The third-order valence-corrected chi connectivity index (χ3v) is 3.36. The summed E-state index contributed by atoms with van der Waals surface area (Å²) in [5, 5.41) is 10.7. The Morgan fingerprint density at radius 1 is 1.25 bits per heavy atom. The van der Waals surface area contributed by atoms with Crippen LogP contribution in [0.4, 0.5) is 5.69 Å². The number of nitrogens with zero attached hydrogens (tertiary/aromatic N) is 1. The predicted molar refractivity (Wildman–Crippen MR) is 76.9 cm³/mol. The SMILES string of the molecule is Cc1cc(OC(=O)c2ccccc2Br)ccc1[N+](=O)[O-]. The van der Waals surface area contributed by atoms with E-state index in [-0.39, 0.29) is 11.4 Å². The lowest BCUT2D eigenvalue weighted by molar-refractivity contribution is -0.385. The van der Waals surface area contributed by atoms with E-state index in [2.05, 4.69) is 15.9 Å². The number of hydrogen-bond donors (Lipinski definition) is 0. The van der Waals surface area contributed by atoms with Gasteiger partial charge in [0.2, 0.25) is 0 Å². The van der Waals surface area contributed by atoms with Crippen molar-refractivity contribution in [1.82, 2.24) is 0 Å². The Kier molecular flexibility index (Phi) is 4.14. The van der Waals surface area contributed by atoms with Gasteiger partial charge < -0.3 is 4.74 Å². The van der Waals surface area contributed by atoms with E-state index in [1.165, 1.54) is 18.2 Å². The van der Waals surface area contributed by atoms with Gasteiger partial charge in [0.15, 0.2) is 0 Å². The van der Waals surface area contributed by atoms with Crippen molar-refractivity contribution in [2.24, 2.45) is 0 Å². The Bertz CT molecular complexity index is 685. The summed E-state index contributed by atoms with van der Waals surface area (Å²) in [6.45, 7) is 1.59. The standard InChI is InChI=1S/C14H10BrNO4/c1-9-8-10(6-7-13(9)16(18)19)20-14(17)11-4-2-3-5-12(11)15/h2-8H,1H3. The van der Waals surface area contributed by atoms with E-state index in [0.717, 1.165) is 0 Å². The second-order valence-corrected chi connectivity index (χ2v) is 4.93. The van der Waals surface area contributed by atoms with Gasteiger partial charge in [0.1, 0.15) is 5.75 Å². The van der Waals surface area contributed by atoms with Crippen molar-refractivity contribution in [3.8, 4) is 5.75 Å². The second-order valence-electron chi connectivity index (χ2n) is 4.07. The van der Waals surface area contributed by atoms with Crippen LogP contribution in [0.2, 0.25) is 0 Å². The van der Waals surface area contributed by atoms with Crippen LogP contribution in [0.3, 0.4) is 0 Å². The molecule has 2 aromatic carbocycles. The van der Waals surface area contributed by atoms with Gasteiger partial charge in [-0.3, -0.25) is 10.1 Å². The molecule has 0 aliphatic heterocycles. The fourth-order valence-corrected chi connectivity index (χ4v) is 2.13. The van der Waals surface area contributed by atoms with Crippen LogP contribution >= 0.6 is 15.9 Å². The molecule has 102 valence electrons. The van der Waals surface area contributed by atoms with E-state index in [0.29, 0.717) is 15.6 Å². The van der Waals surface area contributed by atoms with Gasteiger partial charge in [0, 0.05) is 16.1 Å². The highest BCUT2D eigenvalue weighted by atomic mass is 79.9. The first-order valence-electron chi connectivity index (χ1n) is 5.71. The molecule has 0 bridgehead atoms. The van der Waals surface area contributed by atoms with Crippen molar-refractivity contribution >= 4 is 27.6 Å². The minimum atomic E-state index is -0.522. The van der Waals surface area contributed by atoms with Gasteiger partial charge in [0.25, 0.3) is 5.69 Å². The van der Waals surface area contributed by atoms with Crippen molar-refractivity contribution in [3.63, 3.8) is 0 Å². The molecule has 2 rings (SSSR count). The molecule has 0 aliphatic rings. The number of nitro benzene ring substituents is 1. The van der Waals surface area contributed by atoms with Crippen molar-refractivity contribution in [1.29, 1.82) is 0 Å². The van der Waals surface area contributed by atoms with Crippen molar-refractivity contribution in [2.75, 3.05) is 0 Å². The summed E-state index contributed by atoms with van der Waals surface area (Å²) in [7, 11) is 0. The molecule has 2 aromatic rings. The highest BCUT2D eigenvalue weighted by Gasteiger charge is 2.15. The van der Waals surface area contributed by atoms with E-state index in [9.17, 15) is 14.9 Å². The molecule has 6 heteroatoms. The van der Waals surface area contributed by atoms with Gasteiger partial charge in [-0.1, -0.05) is 12.1 Å². The number of carbonyl (C=O) groups excluding carboxylic acids is 1. The Hall–Kier alpha value is -2.21. The molecule has 0 N–H and O–H groups in total. The zero-order valence-electron chi connectivity index (χ0n) is 10.5. The molecular formula is C14H10BrNO4. The van der Waals surface area contributed by atoms with Crippen LogP contribution in [0, 0.1) is 17.0 Å². The van der Waals surface area contributed by atoms with E-state index in [1.807, 2.05) is 0 Å². The maximum Gasteiger partial charge on any atom is 0.344 e. The number of halogens is 1. The zero-order chi connectivity index (χ0) is 14.7. The topological polar surface area (TPSA) is 69.4 Å². The summed E-state index contributed by atoms with van der Waals surface area (Å²) in [5.74, 6) is -0.250. The molecule has 0 fully saturated rings. The molecule has 20 heavy (non-hydrogen) atoms. The first-order valence-corrected chi connectivity index (χ1v) is 6.50. The van der Waals surface area contributed by atoms with Gasteiger partial charge in [0.05, 0.1) is 10.5 Å². The molecule has 0 radical (unpaired) electrons. The van der Waals surface area contributed by atoms with Crippen LogP contribution in [-0.4, -0.2) is 10.9 Å². The zero-order valence-corrected chi connectivity index (χ0v) is 12.1. The van der Waals surface area contributed by atoms with Crippen molar-refractivity contribution in [2.45, 2.75) is 6.92 Å². The lowest BCUT2D eigenvalue weighted by atomic mass is 10.2. The maximum absolute atomic E-state index is 12.0. The molecule has 0 unspecified atom stereocenters. The molecule has 0 saturated carbocycles. The Balaban J connectivity index is 2.23. The first kappa shape index (κ1) is 14.2. The summed E-state index contributed by atoms with van der Waals surface area (Å²) < 4.78 is 5.83. The molecular weight excluding hydrogens is 326 g/mol. The van der Waals surface area contributed by atoms with Crippen LogP contribution in [0.15, 0.2) is 46.9 Å². The molecule has 0 amide bonds. The maximum atomic E-state index is 12.0. The quantitative estimate of drug-likeness (QED) is 0.369. The number of carbonyl (C=O) groups is 1. The average molecular weight is 336 g/mol. The molecule has 5 nitrogen and oxygen atoms in total. The van der Waals surface area contributed by atoms with E-state index < -0.39 is 10.9 Å². The molecule has 0 aliphatic carbocycles. The van der Waals surface area contributed by atoms with Gasteiger partial charge in [-0.15, -0.1) is 0 Å². The minimum Gasteiger partial charge on any atom is -0.423 e. The first-order chi connectivity index (χ1) is 9.49. The summed E-state index contributed by atoms with van der Waals surface area (Å²) in [5.41, 5.74) is 0.821. The Morgan fingerprint density at radius 2 is 1.95 bits per heavy atom. The number of ether oxygens (including phenoxy) is 1. The summed E-state index contributed by atoms with van der Waals surface area (Å²) in [6, 6.07) is 11.1. The van der Waals surface area contributed by atoms with Gasteiger partial charge in [-0.2, -0.15) is 0 Å². The smallest absolute Gasteiger partial charge is 0.344 e. The molecule has 0 heterocycles. The van der Waals surface area contributed by atoms with Gasteiger partial charge >= 0.3 is 5.97 Å². The number of hydrogen-bond acceptors (Lipinski definition) is 4. The molecule has 0 spiro atoms. The fraction of sp³-hybridized carbons (Fsp3) is 0.0714. The summed E-state index contributed by atoms with van der Waals surface area (Å²) in [4.78, 5) is 22.2. The number of aryl methyl sites for hydroxylation is 1. The van der Waals surface area contributed by atoms with Crippen molar-refractivity contribution < 1.29 is 14.5 Å². The fourth-order valence-electron chi connectivity index (χ4n) is 1.69. The largest absolute Gasteiger partial charge is 0.423 e. The van der Waals surface area contributed by atoms with Gasteiger partial charge in [-0.05, 0) is 47.1 Å². The molecule has 0 atom stereocenters. The predicted octanol–water partition coefficient (Wildman–Crippen LogP) is 3.88. The number of rotatable bonds is 3. The minimum absolute atomic E-state index is 0.00862. The number of benzene rings is 2. The third-order valence-electron chi connectivity index (χ3n) is 2.67. The van der Waals surface area contributed by atoms with Crippen LogP contribution in [0.5, 0.6) is 5.75 Å². The van der Waals surface area contributed by atoms with Crippen LogP contribution in [0.25, 0.3) is 0 Å². The average Bonchev–Trinajstić information content (AvgIpc) is 2.38. The lowest BCUT2D eigenvalue weighted by Crippen LogP contribution is -2.09. The third kappa shape index (κ3) is 3.03. The summed E-state index contributed by atoms with van der Waals surface area (Å²) in [6.07, 6.45) is 0. The highest BCUT2D eigenvalue weighted by Crippen LogP contribution is 2.24. The van der Waals surface area contributed by atoms with Crippen LogP contribution < -0.4 is 4.74 Å². The lowest BCUT2D eigenvalue weighted by Gasteiger charge is -2.06. The van der Waals surface area contributed by atoms with E-state index >= 15 is 0 Å². The summed E-state index contributed by atoms with van der Waals surface area (Å²) >= 11 is 3.27. The molecule has 0 saturated heterocycles. The second kappa shape index (κ2) is 5.83. The van der Waals surface area contributed by atoms with Gasteiger partial charge in [-0.25, -0.2) is 4.79 Å². The monoisotopic (exact) mass is 335 g/mol. The van der Waals surface area contributed by atoms with Crippen molar-refractivity contribution in [3.05, 3.63) is 68.2 Å². The normalized spacial score (nSPS) is 10.1. The number of nitro groups is 1. The Labute approximate surface area is 123 Å². The van der Waals surface area contributed by atoms with Crippen LogP contribution in [-0.2, 0) is 0 Å². The molecule has 0 aromatic heterocycles. The van der Waals surface area contributed by atoms with E-state index in [1.54, 1.807) is 31.2 Å². The Morgan fingerprint density at radius 3 is 2.55 bits per heavy atom. The van der Waals surface area contributed by atoms with E-state index in [4.69, 9.17) is 4.74 Å². The van der Waals surface area contributed by atoms with Crippen LogP contribution in [0.1, 0.15) is 15.9 Å². The highest BCUT2D eigenvalue weighted by molar-refractivity contribution is 9.10. The number of esters is 1.